The van der Waals surface area contributed by atoms with Crippen molar-refractivity contribution in [3.05, 3.63) is 153 Å². The summed E-state index contributed by atoms with van der Waals surface area (Å²) in [5, 5.41) is 0. The highest BCUT2D eigenvalue weighted by Gasteiger charge is 2.47. The van der Waals surface area contributed by atoms with Crippen molar-refractivity contribution in [1.29, 1.82) is 0 Å². The van der Waals surface area contributed by atoms with Crippen LogP contribution in [0.3, 0.4) is 0 Å². The first kappa shape index (κ1) is 20.9. The third kappa shape index (κ3) is 2.68. The van der Waals surface area contributed by atoms with Gasteiger partial charge in [0, 0.05) is 9.89 Å². The fourth-order valence-corrected chi connectivity index (χ4v) is 7.05. The summed E-state index contributed by atoms with van der Waals surface area (Å²) >= 11 is 3.74. The molecule has 1 unspecified atom stereocenters. The first-order chi connectivity index (χ1) is 17.0. The summed E-state index contributed by atoms with van der Waals surface area (Å²) in [6, 6.07) is 42.9. The molecule has 0 aromatic heterocycles. The molecule has 0 saturated carbocycles. The Morgan fingerprint density at radius 3 is 1.77 bits per heavy atom. The van der Waals surface area contributed by atoms with Gasteiger partial charge in [0.1, 0.15) is 0 Å². The van der Waals surface area contributed by atoms with Gasteiger partial charge in [-0.05, 0) is 73.8 Å². The van der Waals surface area contributed by atoms with Gasteiger partial charge in [0.15, 0.2) is 0 Å². The van der Waals surface area contributed by atoms with E-state index >= 15 is 0 Å². The zero-order chi connectivity index (χ0) is 23.8. The van der Waals surface area contributed by atoms with E-state index in [4.69, 9.17) is 0 Å². The molecular weight excluding hydrogens is 488 g/mol. The van der Waals surface area contributed by atoms with Gasteiger partial charge in [0.25, 0.3) is 0 Å². The van der Waals surface area contributed by atoms with Crippen molar-refractivity contribution in [3.63, 3.8) is 0 Å². The zero-order valence-electron chi connectivity index (χ0n) is 19.8. The van der Waals surface area contributed by atoms with Crippen molar-refractivity contribution in [2.24, 2.45) is 0 Å². The first-order valence-corrected chi connectivity index (χ1v) is 13.0. The highest BCUT2D eigenvalue weighted by atomic mass is 79.9. The van der Waals surface area contributed by atoms with Crippen molar-refractivity contribution >= 4 is 15.9 Å². The van der Waals surface area contributed by atoms with Crippen molar-refractivity contribution in [2.75, 3.05) is 0 Å². The molecule has 0 nitrogen and oxygen atoms in total. The van der Waals surface area contributed by atoms with Crippen LogP contribution in [0.4, 0.5) is 0 Å². The monoisotopic (exact) mass is 512 g/mol. The molecule has 0 spiro atoms. The van der Waals surface area contributed by atoms with Crippen LogP contribution in [0.1, 0.15) is 47.2 Å². The summed E-state index contributed by atoms with van der Waals surface area (Å²) in [5.74, 6) is 0. The maximum atomic E-state index is 3.74. The lowest BCUT2D eigenvalue weighted by atomic mass is 9.67. The fraction of sp³-hybridized carbons (Fsp3) is 0.118. The number of benzene rings is 5. The number of fused-ring (bicyclic) bond motifs is 6. The molecule has 0 radical (unpaired) electrons. The predicted octanol–water partition coefficient (Wildman–Crippen LogP) is 9.12. The molecule has 0 bridgehead atoms. The van der Waals surface area contributed by atoms with Crippen LogP contribution in [0.15, 0.2) is 120 Å². The van der Waals surface area contributed by atoms with Gasteiger partial charge in [-0.3, -0.25) is 0 Å². The fourth-order valence-electron chi connectivity index (χ4n) is 6.69. The maximum absolute atomic E-state index is 3.74. The summed E-state index contributed by atoms with van der Waals surface area (Å²) in [4.78, 5) is 0. The van der Waals surface area contributed by atoms with E-state index in [9.17, 15) is 0 Å². The van der Waals surface area contributed by atoms with E-state index in [2.05, 4.69) is 145 Å². The van der Waals surface area contributed by atoms with Crippen LogP contribution in [-0.4, -0.2) is 0 Å². The van der Waals surface area contributed by atoms with Crippen LogP contribution in [0.25, 0.3) is 22.3 Å². The highest BCUT2D eigenvalue weighted by molar-refractivity contribution is 9.10. The average Bonchev–Trinajstić information content (AvgIpc) is 3.31. The SMILES string of the molecule is CC1(C)c2ccccc2-c2cc(C3(c4ccccc4)c4ccccc4-c4cc(Br)ccc43)ccc21. The van der Waals surface area contributed by atoms with E-state index in [0.717, 1.165) is 4.47 Å². The topological polar surface area (TPSA) is 0 Å². The molecule has 2 aliphatic rings. The molecule has 5 aromatic rings. The standard InChI is InChI=1S/C34H25Br/c1-33(2)29-14-8-6-12-25(29)27-20-23(16-18-30(27)33)34(22-10-4-3-5-11-22)31-15-9-7-13-26(31)28-21-24(35)17-19-32(28)34/h3-21H,1-2H3. The Kier molecular flexibility index (Phi) is 4.36. The van der Waals surface area contributed by atoms with Gasteiger partial charge in [-0.25, -0.2) is 0 Å². The van der Waals surface area contributed by atoms with E-state index in [1.54, 1.807) is 0 Å². The third-order valence-corrected chi connectivity index (χ3v) is 8.72. The Labute approximate surface area is 215 Å². The zero-order valence-corrected chi connectivity index (χ0v) is 21.4. The Hall–Kier alpha value is -3.42. The minimum atomic E-state index is -0.370. The molecule has 0 amide bonds. The number of halogens is 1. The van der Waals surface area contributed by atoms with Gasteiger partial charge in [-0.15, -0.1) is 0 Å². The van der Waals surface area contributed by atoms with E-state index in [1.165, 1.54) is 55.6 Å². The van der Waals surface area contributed by atoms with Crippen LogP contribution in [0, 0.1) is 0 Å². The molecule has 0 fully saturated rings. The quantitative estimate of drug-likeness (QED) is 0.217. The summed E-state index contributed by atoms with van der Waals surface area (Å²) in [7, 11) is 0. The Morgan fingerprint density at radius 2 is 1.00 bits per heavy atom. The third-order valence-electron chi connectivity index (χ3n) is 8.23. The maximum Gasteiger partial charge on any atom is 0.0713 e. The second-order valence-electron chi connectivity index (χ2n) is 10.3. The van der Waals surface area contributed by atoms with E-state index in [0.29, 0.717) is 0 Å². The lowest BCUT2D eigenvalue weighted by molar-refractivity contribution is 0.659. The van der Waals surface area contributed by atoms with Crippen molar-refractivity contribution in [3.8, 4) is 22.3 Å². The van der Waals surface area contributed by atoms with Gasteiger partial charge in [-0.2, -0.15) is 0 Å². The molecule has 0 N–H and O–H groups in total. The molecule has 2 aliphatic carbocycles. The number of hydrogen-bond acceptors (Lipinski definition) is 0. The molecule has 0 heterocycles. The van der Waals surface area contributed by atoms with Crippen molar-refractivity contribution < 1.29 is 0 Å². The molecule has 0 aliphatic heterocycles. The van der Waals surface area contributed by atoms with Crippen molar-refractivity contribution in [2.45, 2.75) is 24.7 Å². The normalized spacial score (nSPS) is 18.5. The van der Waals surface area contributed by atoms with Crippen LogP contribution < -0.4 is 0 Å². The smallest absolute Gasteiger partial charge is 0.0622 e. The second kappa shape index (κ2) is 7.29. The highest BCUT2D eigenvalue weighted by Crippen LogP contribution is 2.58. The molecule has 168 valence electrons. The van der Waals surface area contributed by atoms with Crippen LogP contribution in [0.2, 0.25) is 0 Å². The molecular formula is C34H25Br. The molecule has 1 atom stereocenters. The largest absolute Gasteiger partial charge is 0.0713 e. The molecule has 35 heavy (non-hydrogen) atoms. The van der Waals surface area contributed by atoms with Crippen molar-refractivity contribution in [1.82, 2.24) is 0 Å². The molecule has 1 heteroatoms. The lowest BCUT2D eigenvalue weighted by Gasteiger charge is -2.34. The lowest BCUT2D eigenvalue weighted by Crippen LogP contribution is -2.28. The predicted molar refractivity (Wildman–Crippen MR) is 149 cm³/mol. The summed E-state index contributed by atoms with van der Waals surface area (Å²) in [6.07, 6.45) is 0. The van der Waals surface area contributed by atoms with Gasteiger partial charge in [0.05, 0.1) is 5.41 Å². The molecule has 7 rings (SSSR count). The minimum absolute atomic E-state index is 0.000716. The average molecular weight is 513 g/mol. The van der Waals surface area contributed by atoms with Crippen LogP contribution in [-0.2, 0) is 10.8 Å². The Bertz CT molecular complexity index is 1630. The van der Waals surface area contributed by atoms with Gasteiger partial charge >= 0.3 is 0 Å². The van der Waals surface area contributed by atoms with E-state index in [1.807, 2.05) is 0 Å². The van der Waals surface area contributed by atoms with Crippen LogP contribution >= 0.6 is 15.9 Å². The first-order valence-electron chi connectivity index (χ1n) is 12.2. The summed E-state index contributed by atoms with van der Waals surface area (Å²) in [5.41, 5.74) is 13.1. The Morgan fingerprint density at radius 1 is 0.457 bits per heavy atom. The minimum Gasteiger partial charge on any atom is -0.0622 e. The molecule has 0 saturated heterocycles. The van der Waals surface area contributed by atoms with E-state index < -0.39 is 0 Å². The van der Waals surface area contributed by atoms with Gasteiger partial charge in [0.2, 0.25) is 0 Å². The number of hydrogen-bond donors (Lipinski definition) is 0. The second-order valence-corrected chi connectivity index (χ2v) is 11.2. The number of rotatable bonds is 2. The van der Waals surface area contributed by atoms with Gasteiger partial charge < -0.3 is 0 Å². The van der Waals surface area contributed by atoms with Gasteiger partial charge in [-0.1, -0.05) is 127 Å². The van der Waals surface area contributed by atoms with E-state index in [-0.39, 0.29) is 10.8 Å². The summed E-state index contributed by atoms with van der Waals surface area (Å²) < 4.78 is 1.11. The van der Waals surface area contributed by atoms with Crippen LogP contribution in [0.5, 0.6) is 0 Å². The summed E-state index contributed by atoms with van der Waals surface area (Å²) in [6.45, 7) is 4.70. The Balaban J connectivity index is 1.61. The molecule has 5 aromatic carbocycles.